The Morgan fingerprint density at radius 1 is 1.53 bits per heavy atom. The van der Waals surface area contributed by atoms with E-state index in [-0.39, 0.29) is 0 Å². The third-order valence-electron chi connectivity index (χ3n) is 3.33. The topological polar surface area (TPSA) is 39.1 Å². The summed E-state index contributed by atoms with van der Waals surface area (Å²) in [5.41, 5.74) is 1.26. The number of nitrogens with zero attached hydrogens (tertiary/aromatic N) is 2. The Morgan fingerprint density at radius 3 is 3.24 bits per heavy atom. The Hall–Kier alpha value is -0.870. The summed E-state index contributed by atoms with van der Waals surface area (Å²) in [6.07, 6.45) is 7.26. The number of nitrogens with one attached hydrogen (secondary N) is 1. The van der Waals surface area contributed by atoms with Crippen molar-refractivity contribution in [3.63, 3.8) is 0 Å². The van der Waals surface area contributed by atoms with Crippen molar-refractivity contribution in [1.29, 1.82) is 0 Å². The molecular formula is C13H23N3O. The molecule has 0 bridgehead atoms. The van der Waals surface area contributed by atoms with Gasteiger partial charge in [-0.05, 0) is 45.2 Å². The molecule has 4 heteroatoms. The monoisotopic (exact) mass is 237 g/mol. The Labute approximate surface area is 103 Å². The second kappa shape index (κ2) is 6.77. The summed E-state index contributed by atoms with van der Waals surface area (Å²) < 4.78 is 7.73. The Balaban J connectivity index is 1.62. The van der Waals surface area contributed by atoms with E-state index in [0.29, 0.717) is 6.10 Å². The highest BCUT2D eigenvalue weighted by atomic mass is 16.5. The van der Waals surface area contributed by atoms with Crippen LogP contribution in [0.4, 0.5) is 0 Å². The highest BCUT2D eigenvalue weighted by molar-refractivity contribution is 4.99. The lowest BCUT2D eigenvalue weighted by Gasteiger charge is -2.22. The lowest BCUT2D eigenvalue weighted by atomic mass is 10.1. The lowest BCUT2D eigenvalue weighted by molar-refractivity contribution is 0.0115. The van der Waals surface area contributed by atoms with Gasteiger partial charge in [0, 0.05) is 25.9 Å². The average Bonchev–Trinajstić information content (AvgIpc) is 2.83. The van der Waals surface area contributed by atoms with Crippen molar-refractivity contribution in [3.05, 3.63) is 18.0 Å². The van der Waals surface area contributed by atoms with Crippen LogP contribution in [0.2, 0.25) is 0 Å². The fourth-order valence-corrected chi connectivity index (χ4v) is 2.31. The van der Waals surface area contributed by atoms with Crippen LogP contribution in [-0.4, -0.2) is 29.0 Å². The zero-order chi connectivity index (χ0) is 11.9. The molecule has 2 heterocycles. The van der Waals surface area contributed by atoms with E-state index in [4.69, 9.17) is 4.74 Å². The van der Waals surface area contributed by atoms with Crippen LogP contribution < -0.4 is 5.32 Å². The average molecular weight is 237 g/mol. The number of rotatable bonds is 6. The van der Waals surface area contributed by atoms with E-state index in [1.807, 2.05) is 10.9 Å². The fourth-order valence-electron chi connectivity index (χ4n) is 2.31. The van der Waals surface area contributed by atoms with Gasteiger partial charge in [-0.1, -0.05) is 0 Å². The molecule has 0 amide bonds. The zero-order valence-electron chi connectivity index (χ0n) is 10.7. The van der Waals surface area contributed by atoms with Crippen LogP contribution in [-0.2, 0) is 17.8 Å². The van der Waals surface area contributed by atoms with E-state index >= 15 is 0 Å². The van der Waals surface area contributed by atoms with Crippen LogP contribution in [0, 0.1) is 0 Å². The first kappa shape index (κ1) is 12.6. The number of aromatic nitrogens is 2. The highest BCUT2D eigenvalue weighted by Gasteiger charge is 2.12. The van der Waals surface area contributed by atoms with Gasteiger partial charge in [0.15, 0.2) is 0 Å². The molecule has 1 atom stereocenters. The van der Waals surface area contributed by atoms with Gasteiger partial charge in [0.25, 0.3) is 0 Å². The summed E-state index contributed by atoms with van der Waals surface area (Å²) in [5.74, 6) is 0. The summed E-state index contributed by atoms with van der Waals surface area (Å²) in [6, 6.07) is 2.08. The van der Waals surface area contributed by atoms with E-state index in [9.17, 15) is 0 Å². The van der Waals surface area contributed by atoms with Crippen LogP contribution in [0.25, 0.3) is 0 Å². The quantitative estimate of drug-likeness (QED) is 0.769. The van der Waals surface area contributed by atoms with Gasteiger partial charge in [-0.15, -0.1) is 0 Å². The first-order chi connectivity index (χ1) is 8.40. The summed E-state index contributed by atoms with van der Waals surface area (Å²) in [7, 11) is 0. The molecule has 4 nitrogen and oxygen atoms in total. The van der Waals surface area contributed by atoms with Crippen LogP contribution in [0.5, 0.6) is 0 Å². The van der Waals surface area contributed by atoms with Gasteiger partial charge in [-0.2, -0.15) is 5.10 Å². The molecule has 1 aliphatic heterocycles. The predicted octanol–water partition coefficient (Wildman–Crippen LogP) is 1.95. The van der Waals surface area contributed by atoms with Crippen molar-refractivity contribution in [2.24, 2.45) is 0 Å². The molecule has 96 valence electrons. The molecule has 0 aromatic carbocycles. The molecule has 0 aliphatic carbocycles. The molecule has 1 N–H and O–H groups in total. The standard InChI is InChI=1S/C13H23N3O/c1-2-16-12(6-9-15-16)11-14-8-7-13-5-3-4-10-17-13/h6,9,13-14H,2-5,7-8,10-11H2,1H3. The predicted molar refractivity (Wildman–Crippen MR) is 67.8 cm³/mol. The second-order valence-corrected chi connectivity index (χ2v) is 4.59. The van der Waals surface area contributed by atoms with E-state index in [2.05, 4.69) is 23.4 Å². The van der Waals surface area contributed by atoms with Crippen molar-refractivity contribution in [1.82, 2.24) is 15.1 Å². The molecule has 1 saturated heterocycles. The third-order valence-corrected chi connectivity index (χ3v) is 3.33. The molecule has 1 aromatic heterocycles. The van der Waals surface area contributed by atoms with E-state index < -0.39 is 0 Å². The van der Waals surface area contributed by atoms with Crippen LogP contribution in [0.3, 0.4) is 0 Å². The third kappa shape index (κ3) is 3.82. The number of hydrogen-bond donors (Lipinski definition) is 1. The summed E-state index contributed by atoms with van der Waals surface area (Å²) >= 11 is 0. The fraction of sp³-hybridized carbons (Fsp3) is 0.769. The Morgan fingerprint density at radius 2 is 2.47 bits per heavy atom. The van der Waals surface area contributed by atoms with E-state index in [0.717, 1.165) is 32.7 Å². The molecule has 1 aliphatic rings. The minimum Gasteiger partial charge on any atom is -0.378 e. The van der Waals surface area contributed by atoms with Gasteiger partial charge in [-0.3, -0.25) is 4.68 Å². The Kier molecular flexibility index (Phi) is 5.01. The largest absolute Gasteiger partial charge is 0.378 e. The van der Waals surface area contributed by atoms with Gasteiger partial charge in [0.2, 0.25) is 0 Å². The molecule has 1 fully saturated rings. The maximum atomic E-state index is 5.70. The van der Waals surface area contributed by atoms with Crippen molar-refractivity contribution >= 4 is 0 Å². The van der Waals surface area contributed by atoms with Crippen molar-refractivity contribution in [3.8, 4) is 0 Å². The number of ether oxygens (including phenoxy) is 1. The summed E-state index contributed by atoms with van der Waals surface area (Å²) in [5, 5.41) is 7.72. The molecule has 0 spiro atoms. The molecule has 2 rings (SSSR count). The molecule has 0 saturated carbocycles. The lowest BCUT2D eigenvalue weighted by Crippen LogP contribution is -2.25. The summed E-state index contributed by atoms with van der Waals surface area (Å²) in [4.78, 5) is 0. The minimum atomic E-state index is 0.479. The van der Waals surface area contributed by atoms with Crippen molar-refractivity contribution < 1.29 is 4.74 Å². The normalized spacial score (nSPS) is 20.6. The van der Waals surface area contributed by atoms with Gasteiger partial charge in [0.05, 0.1) is 11.8 Å². The number of hydrogen-bond acceptors (Lipinski definition) is 3. The van der Waals surface area contributed by atoms with Crippen LogP contribution in [0.1, 0.15) is 38.3 Å². The van der Waals surface area contributed by atoms with E-state index in [1.54, 1.807) is 0 Å². The van der Waals surface area contributed by atoms with Crippen molar-refractivity contribution in [2.75, 3.05) is 13.2 Å². The maximum Gasteiger partial charge on any atom is 0.0587 e. The van der Waals surface area contributed by atoms with Crippen LogP contribution >= 0.6 is 0 Å². The van der Waals surface area contributed by atoms with Gasteiger partial charge in [0.1, 0.15) is 0 Å². The summed E-state index contributed by atoms with van der Waals surface area (Å²) in [6.45, 7) is 5.94. The van der Waals surface area contributed by atoms with Crippen molar-refractivity contribution in [2.45, 2.75) is 51.8 Å². The molecule has 1 aromatic rings. The van der Waals surface area contributed by atoms with Crippen LogP contribution in [0.15, 0.2) is 12.3 Å². The van der Waals surface area contributed by atoms with Gasteiger partial charge >= 0.3 is 0 Å². The zero-order valence-corrected chi connectivity index (χ0v) is 10.7. The maximum absolute atomic E-state index is 5.70. The number of aryl methyl sites for hydroxylation is 1. The smallest absolute Gasteiger partial charge is 0.0587 e. The van der Waals surface area contributed by atoms with Gasteiger partial charge in [-0.25, -0.2) is 0 Å². The van der Waals surface area contributed by atoms with Gasteiger partial charge < -0.3 is 10.1 Å². The highest BCUT2D eigenvalue weighted by Crippen LogP contribution is 2.14. The van der Waals surface area contributed by atoms with E-state index in [1.165, 1.54) is 25.0 Å². The first-order valence-corrected chi connectivity index (χ1v) is 6.73. The molecular weight excluding hydrogens is 214 g/mol. The molecule has 0 radical (unpaired) electrons. The molecule has 17 heavy (non-hydrogen) atoms. The molecule has 1 unspecified atom stereocenters. The Bertz CT molecular complexity index is 318. The minimum absolute atomic E-state index is 0.479. The SMILES string of the molecule is CCn1nccc1CNCCC1CCCCO1. The second-order valence-electron chi connectivity index (χ2n) is 4.59. The first-order valence-electron chi connectivity index (χ1n) is 6.73.